The largest absolute Gasteiger partial charge is 0.511 e. The van der Waals surface area contributed by atoms with Gasteiger partial charge in [-0.3, -0.25) is 9.59 Å². The molecule has 156 valence electrons. The molecule has 0 aromatic heterocycles. The van der Waals surface area contributed by atoms with Crippen molar-refractivity contribution in [1.82, 2.24) is 5.32 Å². The summed E-state index contributed by atoms with van der Waals surface area (Å²) in [5, 5.41) is 13.3. The van der Waals surface area contributed by atoms with Crippen LogP contribution in [0.1, 0.15) is 73.6 Å². The molecule has 0 saturated carbocycles. The Balaban J connectivity index is 2.87. The number of hydrogen-bond donors (Lipinski definition) is 2. The summed E-state index contributed by atoms with van der Waals surface area (Å²) in [6, 6.07) is -0.726. The molecule has 1 aliphatic heterocycles. The minimum atomic E-state index is -2.07. The minimum absolute atomic E-state index is 0.0146. The van der Waals surface area contributed by atoms with Crippen LogP contribution in [-0.4, -0.2) is 37.3 Å². The van der Waals surface area contributed by atoms with Crippen molar-refractivity contribution < 1.29 is 19.1 Å². The molecule has 1 saturated heterocycles. The Morgan fingerprint density at radius 1 is 1.19 bits per heavy atom. The number of carbonyl (C=O) groups is 2. The highest BCUT2D eigenvalue weighted by Crippen LogP contribution is 2.38. The number of nitrogens with one attached hydrogen (secondary N) is 1. The first kappa shape index (κ1) is 23.9. The lowest BCUT2D eigenvalue weighted by molar-refractivity contribution is -0.118. The molecule has 27 heavy (non-hydrogen) atoms. The third-order valence-electron chi connectivity index (χ3n) is 6.01. The number of ketones is 1. The number of amides is 1. The number of Topliss-reactive ketones (excluding diaryl/α,β-unsaturated/α-hetero) is 1. The number of carbonyl (C=O) groups excluding carboxylic acids is 2. The van der Waals surface area contributed by atoms with Crippen molar-refractivity contribution in [2.45, 2.75) is 104 Å². The van der Waals surface area contributed by atoms with E-state index < -0.39 is 26.4 Å². The number of aliphatic hydroxyl groups is 1. The van der Waals surface area contributed by atoms with E-state index in [1.54, 1.807) is 0 Å². The summed E-state index contributed by atoms with van der Waals surface area (Å²) in [6.45, 7) is 16.5. The molecular formula is C21H39NO4Si. The van der Waals surface area contributed by atoms with Crippen LogP contribution in [0, 0.1) is 5.92 Å². The Morgan fingerprint density at radius 2 is 1.78 bits per heavy atom. The van der Waals surface area contributed by atoms with Crippen LogP contribution in [0.25, 0.3) is 0 Å². The van der Waals surface area contributed by atoms with Crippen molar-refractivity contribution in [3.63, 3.8) is 0 Å². The highest BCUT2D eigenvalue weighted by atomic mass is 28.4. The van der Waals surface area contributed by atoms with E-state index in [4.69, 9.17) is 4.43 Å². The van der Waals surface area contributed by atoms with E-state index in [1.165, 1.54) is 0 Å². The van der Waals surface area contributed by atoms with Crippen molar-refractivity contribution in [3.8, 4) is 0 Å². The van der Waals surface area contributed by atoms with Gasteiger partial charge in [0.25, 0.3) is 5.91 Å². The second-order valence-corrected chi connectivity index (χ2v) is 14.2. The van der Waals surface area contributed by atoms with Crippen molar-refractivity contribution >= 4 is 20.0 Å². The maximum atomic E-state index is 12.8. The molecule has 1 heterocycles. The molecule has 0 aliphatic carbocycles. The minimum Gasteiger partial charge on any atom is -0.511 e. The van der Waals surface area contributed by atoms with Gasteiger partial charge in [-0.05, 0) is 31.5 Å². The molecule has 3 atom stereocenters. The SMILES string of the molecule is CCCCCC[C@H](C)/C(O)=C1/C(=O)N[C@H]([C@@H](C)O[Si](C)(C)C(C)(C)C)C1=O. The third kappa shape index (κ3) is 5.91. The summed E-state index contributed by atoms with van der Waals surface area (Å²) in [5.74, 6) is -1.09. The van der Waals surface area contributed by atoms with Gasteiger partial charge in [0.1, 0.15) is 17.4 Å². The van der Waals surface area contributed by atoms with Gasteiger partial charge in [-0.15, -0.1) is 0 Å². The quantitative estimate of drug-likeness (QED) is 0.191. The number of rotatable bonds is 9. The fraction of sp³-hybridized carbons (Fsp3) is 0.810. The van der Waals surface area contributed by atoms with Gasteiger partial charge in [-0.1, -0.05) is 60.3 Å². The van der Waals surface area contributed by atoms with E-state index in [1.807, 2.05) is 13.8 Å². The first-order valence-electron chi connectivity index (χ1n) is 10.3. The zero-order valence-electron chi connectivity index (χ0n) is 18.4. The molecule has 1 amide bonds. The second-order valence-electron chi connectivity index (χ2n) is 9.41. The summed E-state index contributed by atoms with van der Waals surface area (Å²) in [4.78, 5) is 25.2. The van der Waals surface area contributed by atoms with Crippen LogP contribution in [0.5, 0.6) is 0 Å². The standard InChI is InChI=1S/C21H39NO4Si/c1-9-10-11-12-13-14(2)18(23)16-19(24)17(22-20(16)25)15(3)26-27(7,8)21(4,5)6/h14-15,17,23H,9-13H2,1-8H3,(H,22,25)/b18-16-/t14-,15+,17+/m0/s1. The highest BCUT2D eigenvalue weighted by molar-refractivity contribution is 6.74. The van der Waals surface area contributed by atoms with Gasteiger partial charge >= 0.3 is 0 Å². The van der Waals surface area contributed by atoms with Crippen molar-refractivity contribution in [2.24, 2.45) is 5.92 Å². The van der Waals surface area contributed by atoms with Gasteiger partial charge < -0.3 is 14.8 Å². The average Bonchev–Trinajstić information content (AvgIpc) is 2.84. The van der Waals surface area contributed by atoms with E-state index in [-0.39, 0.29) is 28.1 Å². The Kier molecular flexibility index (Phi) is 8.29. The number of unbranched alkanes of at least 4 members (excludes halogenated alkanes) is 3. The van der Waals surface area contributed by atoms with E-state index in [2.05, 4.69) is 46.1 Å². The first-order valence-corrected chi connectivity index (χ1v) is 13.2. The maximum absolute atomic E-state index is 12.8. The van der Waals surface area contributed by atoms with Crippen LogP contribution in [-0.2, 0) is 14.0 Å². The molecule has 0 spiro atoms. The molecule has 6 heteroatoms. The molecule has 1 aliphatic rings. The fourth-order valence-corrected chi connectivity index (χ4v) is 4.51. The first-order chi connectivity index (χ1) is 12.3. The molecule has 0 bridgehead atoms. The maximum Gasteiger partial charge on any atom is 0.259 e. The number of aliphatic hydroxyl groups excluding tert-OH is 1. The van der Waals surface area contributed by atoms with Crippen LogP contribution in [0.4, 0.5) is 0 Å². The van der Waals surface area contributed by atoms with Gasteiger partial charge in [-0.2, -0.15) is 0 Å². The van der Waals surface area contributed by atoms with Gasteiger partial charge in [0, 0.05) is 5.92 Å². The van der Waals surface area contributed by atoms with E-state index >= 15 is 0 Å². The summed E-state index contributed by atoms with van der Waals surface area (Å²) >= 11 is 0. The summed E-state index contributed by atoms with van der Waals surface area (Å²) in [5.41, 5.74) is -0.0753. The zero-order chi connectivity index (χ0) is 21.0. The van der Waals surface area contributed by atoms with E-state index in [9.17, 15) is 14.7 Å². The van der Waals surface area contributed by atoms with Gasteiger partial charge in [-0.25, -0.2) is 0 Å². The van der Waals surface area contributed by atoms with Crippen LogP contribution >= 0.6 is 0 Å². The Labute approximate surface area is 166 Å². The van der Waals surface area contributed by atoms with Crippen LogP contribution in [0.2, 0.25) is 18.1 Å². The lowest BCUT2D eigenvalue weighted by atomic mass is 9.95. The lowest BCUT2D eigenvalue weighted by Gasteiger charge is -2.39. The van der Waals surface area contributed by atoms with Crippen molar-refractivity contribution in [3.05, 3.63) is 11.3 Å². The fourth-order valence-electron chi connectivity index (χ4n) is 3.09. The van der Waals surface area contributed by atoms with Gasteiger partial charge in [0.15, 0.2) is 14.1 Å². The van der Waals surface area contributed by atoms with Crippen LogP contribution in [0.15, 0.2) is 11.3 Å². The highest BCUT2D eigenvalue weighted by Gasteiger charge is 2.46. The molecule has 5 nitrogen and oxygen atoms in total. The monoisotopic (exact) mass is 397 g/mol. The van der Waals surface area contributed by atoms with Gasteiger partial charge in [0.05, 0.1) is 6.10 Å². The average molecular weight is 398 g/mol. The Morgan fingerprint density at radius 3 is 2.30 bits per heavy atom. The van der Waals surface area contributed by atoms with Crippen LogP contribution in [0.3, 0.4) is 0 Å². The Bertz CT molecular complexity index is 577. The third-order valence-corrected chi connectivity index (χ3v) is 10.6. The molecule has 1 fully saturated rings. The van der Waals surface area contributed by atoms with E-state index in [0.29, 0.717) is 0 Å². The molecule has 2 N–H and O–H groups in total. The Hall–Kier alpha value is -1.14. The predicted octanol–water partition coefficient (Wildman–Crippen LogP) is 4.88. The van der Waals surface area contributed by atoms with Crippen molar-refractivity contribution in [2.75, 3.05) is 0 Å². The molecular weight excluding hydrogens is 358 g/mol. The molecule has 0 aromatic rings. The predicted molar refractivity (Wildman–Crippen MR) is 112 cm³/mol. The van der Waals surface area contributed by atoms with Crippen LogP contribution < -0.4 is 5.32 Å². The van der Waals surface area contributed by atoms with Crippen molar-refractivity contribution in [1.29, 1.82) is 0 Å². The lowest BCUT2D eigenvalue weighted by Crippen LogP contribution is -2.50. The summed E-state index contributed by atoms with van der Waals surface area (Å²) in [7, 11) is -2.07. The molecule has 0 unspecified atom stereocenters. The summed E-state index contributed by atoms with van der Waals surface area (Å²) in [6.07, 6.45) is 4.74. The molecule has 0 radical (unpaired) electrons. The second kappa shape index (κ2) is 9.37. The topological polar surface area (TPSA) is 75.6 Å². The normalized spacial score (nSPS) is 22.6. The van der Waals surface area contributed by atoms with Gasteiger partial charge in [0.2, 0.25) is 0 Å². The van der Waals surface area contributed by atoms with E-state index in [0.717, 1.165) is 32.1 Å². The zero-order valence-corrected chi connectivity index (χ0v) is 19.4. The molecule has 0 aromatic carbocycles. The number of hydrogen-bond acceptors (Lipinski definition) is 4. The summed E-state index contributed by atoms with van der Waals surface area (Å²) < 4.78 is 6.28. The smallest absolute Gasteiger partial charge is 0.259 e. The molecule has 1 rings (SSSR count). The number of allylic oxidation sites excluding steroid dienone is 1.